The van der Waals surface area contributed by atoms with Gasteiger partial charge in [-0.15, -0.1) is 0 Å². The molecule has 1 aliphatic heterocycles. The molecule has 0 unspecified atom stereocenters. The second-order valence-electron chi connectivity index (χ2n) is 6.45. The van der Waals surface area contributed by atoms with E-state index in [1.54, 1.807) is 18.2 Å². The molecule has 1 saturated heterocycles. The SMILES string of the molecule is CC1CCN(CCCCNC(=O)COc2ccc(Cl)c(Cl)c2)CC1. The summed E-state index contributed by atoms with van der Waals surface area (Å²) < 4.78 is 5.40. The molecule has 0 aliphatic carbocycles. The average molecular weight is 373 g/mol. The van der Waals surface area contributed by atoms with Crippen LogP contribution in [0.15, 0.2) is 18.2 Å². The molecule has 1 amide bonds. The Labute approximate surface area is 154 Å². The molecule has 134 valence electrons. The van der Waals surface area contributed by atoms with Crippen molar-refractivity contribution in [3.63, 3.8) is 0 Å². The molecular weight excluding hydrogens is 347 g/mol. The summed E-state index contributed by atoms with van der Waals surface area (Å²) in [6.07, 6.45) is 4.72. The molecule has 1 aromatic rings. The molecule has 1 N–H and O–H groups in total. The highest BCUT2D eigenvalue weighted by Crippen LogP contribution is 2.26. The zero-order valence-electron chi connectivity index (χ0n) is 14.2. The summed E-state index contributed by atoms with van der Waals surface area (Å²) in [6, 6.07) is 4.95. The number of amides is 1. The topological polar surface area (TPSA) is 41.6 Å². The largest absolute Gasteiger partial charge is 0.484 e. The number of piperidine rings is 1. The molecule has 6 heteroatoms. The number of carbonyl (C=O) groups excluding carboxylic acids is 1. The Bertz CT molecular complexity index is 532. The summed E-state index contributed by atoms with van der Waals surface area (Å²) in [5.74, 6) is 1.29. The van der Waals surface area contributed by atoms with Crippen molar-refractivity contribution in [2.75, 3.05) is 32.8 Å². The van der Waals surface area contributed by atoms with Crippen molar-refractivity contribution in [3.8, 4) is 5.75 Å². The Balaban J connectivity index is 1.52. The van der Waals surface area contributed by atoms with E-state index in [2.05, 4.69) is 17.1 Å². The molecule has 0 spiro atoms. The Morgan fingerprint density at radius 1 is 1.25 bits per heavy atom. The maximum Gasteiger partial charge on any atom is 0.257 e. The van der Waals surface area contributed by atoms with Crippen molar-refractivity contribution >= 4 is 29.1 Å². The molecule has 1 aromatic carbocycles. The van der Waals surface area contributed by atoms with Crippen molar-refractivity contribution in [1.82, 2.24) is 10.2 Å². The molecule has 1 aliphatic rings. The fraction of sp³-hybridized carbons (Fsp3) is 0.611. The van der Waals surface area contributed by atoms with E-state index in [9.17, 15) is 4.79 Å². The standard InChI is InChI=1S/C18H26Cl2N2O2/c1-14-6-10-22(11-7-14)9-3-2-8-21-18(23)13-24-15-4-5-16(19)17(20)12-15/h4-5,12,14H,2-3,6-11,13H2,1H3,(H,21,23). The molecule has 24 heavy (non-hydrogen) atoms. The van der Waals surface area contributed by atoms with Gasteiger partial charge in [-0.2, -0.15) is 0 Å². The number of carbonyl (C=O) groups is 1. The third-order valence-corrected chi connectivity index (χ3v) is 5.10. The lowest BCUT2D eigenvalue weighted by Gasteiger charge is -2.30. The number of unbranched alkanes of at least 4 members (excludes halogenated alkanes) is 1. The Morgan fingerprint density at radius 3 is 2.71 bits per heavy atom. The Hall–Kier alpha value is -0.970. The van der Waals surface area contributed by atoms with E-state index in [0.29, 0.717) is 22.3 Å². The quantitative estimate of drug-likeness (QED) is 0.701. The summed E-state index contributed by atoms with van der Waals surface area (Å²) in [7, 11) is 0. The number of hydrogen-bond acceptors (Lipinski definition) is 3. The third kappa shape index (κ3) is 6.88. The lowest BCUT2D eigenvalue weighted by Crippen LogP contribution is -2.34. The van der Waals surface area contributed by atoms with Gasteiger partial charge in [-0.05, 0) is 63.4 Å². The fourth-order valence-corrected chi connectivity index (χ4v) is 3.03. The fourth-order valence-electron chi connectivity index (χ4n) is 2.74. The molecule has 1 fully saturated rings. The van der Waals surface area contributed by atoms with E-state index >= 15 is 0 Å². The van der Waals surface area contributed by atoms with Gasteiger partial charge >= 0.3 is 0 Å². The predicted octanol–water partition coefficient (Wildman–Crippen LogP) is 4.00. The average Bonchev–Trinajstić information content (AvgIpc) is 2.57. The molecule has 1 heterocycles. The van der Waals surface area contributed by atoms with Crippen molar-refractivity contribution in [3.05, 3.63) is 28.2 Å². The van der Waals surface area contributed by atoms with Crippen molar-refractivity contribution in [2.45, 2.75) is 32.6 Å². The van der Waals surface area contributed by atoms with Crippen LogP contribution < -0.4 is 10.1 Å². The summed E-state index contributed by atoms with van der Waals surface area (Å²) in [5.41, 5.74) is 0. The molecular formula is C18H26Cl2N2O2. The summed E-state index contributed by atoms with van der Waals surface area (Å²) in [4.78, 5) is 14.3. The second-order valence-corrected chi connectivity index (χ2v) is 7.26. The van der Waals surface area contributed by atoms with Crippen molar-refractivity contribution in [1.29, 1.82) is 0 Å². The number of nitrogens with one attached hydrogen (secondary N) is 1. The monoisotopic (exact) mass is 372 g/mol. The van der Waals surface area contributed by atoms with Gasteiger partial charge in [-0.1, -0.05) is 30.1 Å². The number of ether oxygens (including phenoxy) is 1. The first-order valence-electron chi connectivity index (χ1n) is 8.61. The number of halogens is 2. The summed E-state index contributed by atoms with van der Waals surface area (Å²) >= 11 is 11.7. The number of benzene rings is 1. The highest BCUT2D eigenvalue weighted by molar-refractivity contribution is 6.42. The van der Waals surface area contributed by atoms with Crippen molar-refractivity contribution < 1.29 is 9.53 Å². The van der Waals surface area contributed by atoms with Gasteiger partial charge in [0.25, 0.3) is 5.91 Å². The Morgan fingerprint density at radius 2 is 2.00 bits per heavy atom. The van der Waals surface area contributed by atoms with E-state index in [0.717, 1.165) is 25.3 Å². The van der Waals surface area contributed by atoms with Crippen LogP contribution in [0.3, 0.4) is 0 Å². The maximum absolute atomic E-state index is 11.8. The summed E-state index contributed by atoms with van der Waals surface area (Å²) in [5, 5.41) is 3.77. The van der Waals surface area contributed by atoms with E-state index in [1.807, 2.05) is 0 Å². The van der Waals surface area contributed by atoms with Gasteiger partial charge in [0.1, 0.15) is 5.75 Å². The van der Waals surface area contributed by atoms with Crippen LogP contribution in [-0.4, -0.2) is 43.6 Å². The van der Waals surface area contributed by atoms with Gasteiger partial charge in [0.2, 0.25) is 0 Å². The zero-order chi connectivity index (χ0) is 17.4. The smallest absolute Gasteiger partial charge is 0.257 e. The highest BCUT2D eigenvalue weighted by Gasteiger charge is 2.14. The van der Waals surface area contributed by atoms with Crippen LogP contribution in [0, 0.1) is 5.92 Å². The predicted molar refractivity (Wildman–Crippen MR) is 99.0 cm³/mol. The van der Waals surface area contributed by atoms with Crippen LogP contribution in [0.2, 0.25) is 10.0 Å². The van der Waals surface area contributed by atoms with Gasteiger partial charge < -0.3 is 15.0 Å². The number of likely N-dealkylation sites (tertiary alicyclic amines) is 1. The minimum atomic E-state index is -0.118. The maximum atomic E-state index is 11.8. The first-order chi connectivity index (χ1) is 11.5. The van der Waals surface area contributed by atoms with Gasteiger partial charge in [0.05, 0.1) is 10.0 Å². The number of rotatable bonds is 8. The van der Waals surface area contributed by atoms with E-state index in [-0.39, 0.29) is 12.5 Å². The first kappa shape index (κ1) is 19.4. The second kappa shape index (κ2) is 10.1. The minimum absolute atomic E-state index is 0.0119. The van der Waals surface area contributed by atoms with E-state index in [4.69, 9.17) is 27.9 Å². The molecule has 2 rings (SSSR count). The Kier molecular flexibility index (Phi) is 8.16. The molecule has 0 atom stereocenters. The zero-order valence-corrected chi connectivity index (χ0v) is 15.7. The normalized spacial score (nSPS) is 16.1. The van der Waals surface area contributed by atoms with Crippen LogP contribution in [0.25, 0.3) is 0 Å². The van der Waals surface area contributed by atoms with Gasteiger partial charge in [-0.3, -0.25) is 4.79 Å². The van der Waals surface area contributed by atoms with Gasteiger partial charge in [0, 0.05) is 12.6 Å². The van der Waals surface area contributed by atoms with Crippen LogP contribution in [0.4, 0.5) is 0 Å². The highest BCUT2D eigenvalue weighted by atomic mass is 35.5. The lowest BCUT2D eigenvalue weighted by atomic mass is 9.99. The van der Waals surface area contributed by atoms with Crippen LogP contribution in [-0.2, 0) is 4.79 Å². The van der Waals surface area contributed by atoms with E-state index in [1.165, 1.54) is 25.9 Å². The minimum Gasteiger partial charge on any atom is -0.484 e. The molecule has 0 radical (unpaired) electrons. The van der Waals surface area contributed by atoms with Crippen LogP contribution in [0.1, 0.15) is 32.6 Å². The number of nitrogens with zero attached hydrogens (tertiary/aromatic N) is 1. The molecule has 0 saturated carbocycles. The summed E-state index contributed by atoms with van der Waals surface area (Å²) in [6.45, 7) is 6.56. The first-order valence-corrected chi connectivity index (χ1v) is 9.37. The molecule has 4 nitrogen and oxygen atoms in total. The van der Waals surface area contributed by atoms with Crippen LogP contribution in [0.5, 0.6) is 5.75 Å². The van der Waals surface area contributed by atoms with Crippen molar-refractivity contribution in [2.24, 2.45) is 5.92 Å². The molecule has 0 bridgehead atoms. The van der Waals surface area contributed by atoms with Gasteiger partial charge in [-0.25, -0.2) is 0 Å². The van der Waals surface area contributed by atoms with Gasteiger partial charge in [0.15, 0.2) is 6.61 Å². The third-order valence-electron chi connectivity index (χ3n) is 4.36. The van der Waals surface area contributed by atoms with E-state index < -0.39 is 0 Å². The lowest BCUT2D eigenvalue weighted by molar-refractivity contribution is -0.123. The van der Waals surface area contributed by atoms with Crippen LogP contribution >= 0.6 is 23.2 Å². The number of hydrogen-bond donors (Lipinski definition) is 1. The molecule has 0 aromatic heterocycles.